The minimum atomic E-state index is -2.16. The average Bonchev–Trinajstić information content (AvgIpc) is 1.58. The van der Waals surface area contributed by atoms with Gasteiger partial charge in [-0.15, -0.1) is 0 Å². The van der Waals surface area contributed by atoms with Crippen LogP contribution in [0, 0.1) is 24.7 Å². The van der Waals surface area contributed by atoms with Crippen LogP contribution in [-0.4, -0.2) is 186 Å². The molecule has 0 radical (unpaired) electrons. The number of aliphatic hydroxyl groups is 5. The fraction of sp³-hybridized carbons (Fsp3) is 0.697. The van der Waals surface area contributed by atoms with Crippen molar-refractivity contribution in [1.82, 2.24) is 9.80 Å². The molecule has 0 saturated carbocycles. The number of unbranched alkanes of at least 4 members (excludes halogenated alkanes) is 4. The first kappa shape index (κ1) is 69.3. The van der Waals surface area contributed by atoms with Gasteiger partial charge < -0.3 is 73.2 Å². The number of ether oxygens (including phenoxy) is 8. The molecule has 0 unspecified atom stereocenters. The molecular weight excluding hydrogens is 1090 g/mol. The number of benzene rings is 3. The second-order valence-corrected chi connectivity index (χ2v) is 29.2. The van der Waals surface area contributed by atoms with Crippen LogP contribution < -0.4 is 25.4 Å². The van der Waals surface area contributed by atoms with Crippen LogP contribution in [0.4, 0.5) is 0 Å². The van der Waals surface area contributed by atoms with Gasteiger partial charge in [-0.1, -0.05) is 51.3 Å². The third kappa shape index (κ3) is 16.1. The van der Waals surface area contributed by atoms with E-state index in [4.69, 9.17) is 37.9 Å². The predicted octanol–water partition coefficient (Wildman–Crippen LogP) is 7.46. The van der Waals surface area contributed by atoms with Crippen LogP contribution in [0.2, 0.25) is 0 Å². The molecule has 6 rings (SSSR count). The average molecular weight is 1200 g/mol. The summed E-state index contributed by atoms with van der Waals surface area (Å²) in [7, 11) is 6.45. The summed E-state index contributed by atoms with van der Waals surface area (Å²) in [6.45, 7) is 19.4. The van der Waals surface area contributed by atoms with Crippen LogP contribution in [0.5, 0.6) is 11.5 Å². The molecule has 3 aromatic rings. The minimum absolute atomic E-state index is 0.0499. The van der Waals surface area contributed by atoms with E-state index in [-0.39, 0.29) is 50.3 Å². The first-order chi connectivity index (χ1) is 39.6. The smallest absolute Gasteiger partial charge is 0.311 e. The number of esters is 1. The van der Waals surface area contributed by atoms with E-state index in [0.717, 1.165) is 43.3 Å². The molecule has 1 amide bonds. The Balaban J connectivity index is 1.27. The van der Waals surface area contributed by atoms with Crippen molar-refractivity contribution in [2.75, 3.05) is 48.1 Å². The summed E-state index contributed by atoms with van der Waals surface area (Å²) >= 11 is 0. The third-order valence-corrected chi connectivity index (χ3v) is 23.1. The molecule has 3 aliphatic heterocycles. The molecule has 3 heterocycles. The zero-order valence-corrected chi connectivity index (χ0v) is 54.1. The standard InChI is InChI=1S/C66H104N2O15P/c1-17-54-66(11,75)59(71)46(7)68(55(69)23-21-19-18-20-22-36-84(50-30-24-41(2)25-31-50,51-32-26-48(76-14)27-33-51)52-34-28-49(77-15)29-35-52)40-42(3)38-64(9,74)61(83-63-57(70)53(67(12)13)37-43(4)79-63)44(5)58(45(6)62(73)81-54)82-56-39-65(10,78-16)60(72)47(8)80-56/h24-35,42-47,53-54,56-61,63,70-72,74-75H,17-23,36-40H2,1-16H3/q+1/t42-,43-,44+,45-,46-,47+,53+,54-,56+,57-,58+,59-,60+,61-,63+,64-,65-,66-/m1/s1. The molecule has 3 aromatic carbocycles. The van der Waals surface area contributed by atoms with Gasteiger partial charge in [0.05, 0.1) is 68.0 Å². The lowest BCUT2D eigenvalue weighted by Gasteiger charge is -2.48. The number of carbonyl (C=O) groups excluding carboxylic acids is 2. The van der Waals surface area contributed by atoms with Crippen LogP contribution >= 0.6 is 7.26 Å². The molecule has 0 bridgehead atoms. The molecule has 0 aliphatic carbocycles. The number of methoxy groups -OCH3 is 3. The lowest BCUT2D eigenvalue weighted by molar-refractivity contribution is -0.318. The van der Waals surface area contributed by atoms with Crippen LogP contribution in [0.25, 0.3) is 0 Å². The van der Waals surface area contributed by atoms with E-state index in [2.05, 4.69) is 55.5 Å². The Kier molecular flexibility index (Phi) is 24.7. The van der Waals surface area contributed by atoms with Gasteiger partial charge >= 0.3 is 5.97 Å². The van der Waals surface area contributed by atoms with Gasteiger partial charge in [0.15, 0.2) is 12.6 Å². The summed E-state index contributed by atoms with van der Waals surface area (Å²) in [5, 5.41) is 64.7. The van der Waals surface area contributed by atoms with E-state index in [1.807, 2.05) is 57.1 Å². The third-order valence-electron chi connectivity index (χ3n) is 18.6. The number of nitrogens with zero attached hydrogens (tertiary/aromatic N) is 2. The fourth-order valence-corrected chi connectivity index (χ4v) is 17.8. The van der Waals surface area contributed by atoms with E-state index in [9.17, 15) is 35.1 Å². The summed E-state index contributed by atoms with van der Waals surface area (Å²) < 4.78 is 49.6. The second kappa shape index (κ2) is 29.9. The van der Waals surface area contributed by atoms with Crippen molar-refractivity contribution in [2.45, 2.75) is 231 Å². The summed E-state index contributed by atoms with van der Waals surface area (Å²) in [6, 6.07) is 24.6. The highest BCUT2D eigenvalue weighted by Gasteiger charge is 2.53. The maximum atomic E-state index is 14.8. The molecular formula is C66H104N2O15P+. The van der Waals surface area contributed by atoms with Crippen LogP contribution in [0.3, 0.4) is 0 Å². The Morgan fingerprint density at radius 3 is 1.83 bits per heavy atom. The van der Waals surface area contributed by atoms with E-state index < -0.39 is 109 Å². The van der Waals surface area contributed by atoms with Crippen molar-refractivity contribution in [1.29, 1.82) is 0 Å². The van der Waals surface area contributed by atoms with Gasteiger partial charge in [0.1, 0.15) is 64.7 Å². The Morgan fingerprint density at radius 1 is 0.750 bits per heavy atom. The summed E-state index contributed by atoms with van der Waals surface area (Å²) in [4.78, 5) is 33.1. The van der Waals surface area contributed by atoms with Gasteiger partial charge in [0.2, 0.25) is 5.91 Å². The molecule has 18 atom stereocenters. The highest BCUT2D eigenvalue weighted by Crippen LogP contribution is 2.56. The van der Waals surface area contributed by atoms with Crippen molar-refractivity contribution in [3.63, 3.8) is 0 Å². The van der Waals surface area contributed by atoms with E-state index in [0.29, 0.717) is 12.8 Å². The van der Waals surface area contributed by atoms with Crippen molar-refractivity contribution >= 4 is 35.1 Å². The van der Waals surface area contributed by atoms with Gasteiger partial charge in [-0.3, -0.25) is 9.59 Å². The van der Waals surface area contributed by atoms with Gasteiger partial charge in [-0.05, 0) is 175 Å². The quantitative estimate of drug-likeness (QED) is 0.0422. The van der Waals surface area contributed by atoms with Crippen molar-refractivity contribution in [2.24, 2.45) is 17.8 Å². The van der Waals surface area contributed by atoms with Crippen LogP contribution in [0.15, 0.2) is 72.8 Å². The Hall–Kier alpha value is -3.81. The van der Waals surface area contributed by atoms with Gasteiger partial charge in [0, 0.05) is 38.5 Å². The first-order valence-electron chi connectivity index (χ1n) is 30.7. The Bertz CT molecular complexity index is 2470. The highest BCUT2D eigenvalue weighted by atomic mass is 31.2. The maximum absolute atomic E-state index is 14.8. The highest BCUT2D eigenvalue weighted by molar-refractivity contribution is 7.95. The topological polar surface area (TPSA) is 216 Å². The molecule has 3 aliphatic rings. The van der Waals surface area contributed by atoms with Gasteiger partial charge in [0.25, 0.3) is 0 Å². The normalized spacial score (nSPS) is 35.0. The van der Waals surface area contributed by atoms with Gasteiger partial charge in [-0.25, -0.2) is 0 Å². The molecule has 18 heteroatoms. The summed E-state index contributed by atoms with van der Waals surface area (Å²) in [5.41, 5.74) is -3.67. The van der Waals surface area contributed by atoms with Crippen LogP contribution in [-0.2, 0) is 38.0 Å². The summed E-state index contributed by atoms with van der Waals surface area (Å²) in [6.07, 6.45) is -4.48. The monoisotopic (exact) mass is 1200 g/mol. The zero-order chi connectivity index (χ0) is 62.1. The molecule has 0 aromatic heterocycles. The number of likely N-dealkylation sites (N-methyl/N-ethyl adjacent to an activating group) is 1. The molecule has 472 valence electrons. The number of hydrogen-bond donors (Lipinski definition) is 5. The fourth-order valence-electron chi connectivity index (χ4n) is 13.4. The number of aliphatic hydroxyl groups excluding tert-OH is 3. The zero-order valence-electron chi connectivity index (χ0n) is 53.2. The van der Waals surface area contributed by atoms with Crippen LogP contribution in [0.1, 0.15) is 139 Å². The Morgan fingerprint density at radius 2 is 1.30 bits per heavy atom. The molecule has 3 fully saturated rings. The number of hydrogen-bond acceptors (Lipinski definition) is 16. The molecule has 17 nitrogen and oxygen atoms in total. The van der Waals surface area contributed by atoms with Crippen molar-refractivity contribution in [3.05, 3.63) is 78.4 Å². The maximum Gasteiger partial charge on any atom is 0.311 e. The van der Waals surface area contributed by atoms with E-state index in [1.165, 1.54) is 35.5 Å². The summed E-state index contributed by atoms with van der Waals surface area (Å²) in [5.74, 6) is -1.78. The van der Waals surface area contributed by atoms with E-state index >= 15 is 0 Å². The van der Waals surface area contributed by atoms with Crippen molar-refractivity contribution < 1.29 is 73.0 Å². The lowest BCUT2D eigenvalue weighted by atomic mass is 9.77. The largest absolute Gasteiger partial charge is 0.497 e. The molecule has 5 N–H and O–H groups in total. The number of aryl methyl sites for hydroxylation is 1. The number of cyclic esters (lactones) is 1. The Labute approximate surface area is 502 Å². The number of amides is 1. The number of rotatable bonds is 20. The van der Waals surface area contributed by atoms with E-state index in [1.54, 1.807) is 67.6 Å². The molecule has 0 spiro atoms. The predicted molar refractivity (Wildman–Crippen MR) is 329 cm³/mol. The van der Waals surface area contributed by atoms with Gasteiger partial charge in [-0.2, -0.15) is 0 Å². The van der Waals surface area contributed by atoms with Crippen molar-refractivity contribution in [3.8, 4) is 11.5 Å². The minimum Gasteiger partial charge on any atom is -0.497 e. The number of carbonyl (C=O) groups is 2. The lowest BCUT2D eigenvalue weighted by Crippen LogP contribution is -2.60. The SMILES string of the molecule is CC[C@H]1OC(=O)[C@H](C)[C@@H](O[C@H]2C[C@@](C)(OC)[C@@H](O)[C@H](C)O2)[C@H](C)[C@@H](O[C@@H]2O[C@H](C)C[C@H](N(C)C)[C@H]2O)[C@](C)(O)C[C@@H](C)CN(C(=O)CCCCCCC[P+](c2ccc(C)cc2)(c2ccc(OC)cc2)c2ccc(OC)cc2)[C@H](C)[C@@H](O)[C@]1(C)O. The second-order valence-electron chi connectivity index (χ2n) is 25.6. The molecule has 3 saturated heterocycles. The first-order valence-corrected chi connectivity index (χ1v) is 32.6. The molecule has 84 heavy (non-hydrogen) atoms.